The number of nitrogens with one attached hydrogen (secondary N) is 1. The summed E-state index contributed by atoms with van der Waals surface area (Å²) >= 11 is 1.46. The molecule has 0 bridgehead atoms. The highest BCUT2D eigenvalue weighted by molar-refractivity contribution is 7.91. The van der Waals surface area contributed by atoms with Gasteiger partial charge >= 0.3 is 6.03 Å². The zero-order chi connectivity index (χ0) is 13.9. The highest BCUT2D eigenvalue weighted by atomic mass is 32.2. The van der Waals surface area contributed by atoms with E-state index in [1.54, 1.807) is 6.20 Å². The minimum Gasteiger partial charge on any atom is -0.322 e. The summed E-state index contributed by atoms with van der Waals surface area (Å²) in [5.41, 5.74) is 0. The predicted octanol–water partition coefficient (Wildman–Crippen LogP) is 1.36. The first-order valence-electron chi connectivity index (χ1n) is 6.21. The molecule has 1 fully saturated rings. The van der Waals surface area contributed by atoms with Crippen molar-refractivity contribution in [3.05, 3.63) is 11.1 Å². The fraction of sp³-hybridized carbons (Fsp3) is 0.636. The number of anilines is 1. The van der Waals surface area contributed by atoms with Gasteiger partial charge in [-0.05, 0) is 6.42 Å². The molecule has 1 aromatic rings. The molecule has 1 N–H and O–H groups in total. The van der Waals surface area contributed by atoms with E-state index in [9.17, 15) is 13.2 Å². The van der Waals surface area contributed by atoms with E-state index in [2.05, 4.69) is 17.2 Å². The molecular weight excluding hydrogens is 286 g/mol. The molecule has 8 heteroatoms. The number of thiazole rings is 1. The monoisotopic (exact) mass is 303 g/mol. The lowest BCUT2D eigenvalue weighted by atomic mass is 10.3. The third kappa shape index (κ3) is 3.90. The normalized spacial score (nSPS) is 18.3. The quantitative estimate of drug-likeness (QED) is 0.914. The van der Waals surface area contributed by atoms with Gasteiger partial charge in [-0.1, -0.05) is 13.3 Å². The summed E-state index contributed by atoms with van der Waals surface area (Å²) in [6.07, 6.45) is 3.76. The Balaban J connectivity index is 1.90. The van der Waals surface area contributed by atoms with Crippen LogP contribution >= 0.6 is 11.3 Å². The van der Waals surface area contributed by atoms with Gasteiger partial charge in [0.1, 0.15) is 0 Å². The average molecular weight is 303 g/mol. The van der Waals surface area contributed by atoms with Crippen LogP contribution in [-0.4, -0.2) is 48.9 Å². The number of urea groups is 1. The zero-order valence-corrected chi connectivity index (χ0v) is 12.4. The molecule has 1 aromatic heterocycles. The second-order valence-corrected chi connectivity index (χ2v) is 7.87. The molecule has 2 rings (SSSR count). The Hall–Kier alpha value is -1.15. The Bertz CT molecular complexity index is 539. The van der Waals surface area contributed by atoms with Crippen molar-refractivity contribution in [3.8, 4) is 0 Å². The molecule has 0 atom stereocenters. The minimum absolute atomic E-state index is 0.0410. The molecule has 19 heavy (non-hydrogen) atoms. The van der Waals surface area contributed by atoms with Crippen LogP contribution in [0.4, 0.5) is 9.93 Å². The number of hydrogen-bond donors (Lipinski definition) is 1. The summed E-state index contributed by atoms with van der Waals surface area (Å²) in [7, 11) is -2.96. The topological polar surface area (TPSA) is 79.4 Å². The molecule has 0 saturated carbocycles. The van der Waals surface area contributed by atoms with Crippen LogP contribution in [0.2, 0.25) is 0 Å². The first-order valence-corrected chi connectivity index (χ1v) is 8.85. The van der Waals surface area contributed by atoms with Gasteiger partial charge in [0.15, 0.2) is 15.0 Å². The maximum Gasteiger partial charge on any atom is 0.323 e. The van der Waals surface area contributed by atoms with Crippen LogP contribution in [0, 0.1) is 0 Å². The summed E-state index contributed by atoms with van der Waals surface area (Å²) < 4.78 is 22.6. The van der Waals surface area contributed by atoms with E-state index in [0.717, 1.165) is 17.7 Å². The number of sulfone groups is 1. The zero-order valence-electron chi connectivity index (χ0n) is 10.8. The van der Waals surface area contributed by atoms with Gasteiger partial charge in [0.05, 0.1) is 11.5 Å². The van der Waals surface area contributed by atoms with Gasteiger partial charge in [0.2, 0.25) is 0 Å². The number of carbonyl (C=O) groups is 1. The van der Waals surface area contributed by atoms with Crippen molar-refractivity contribution >= 4 is 32.3 Å². The maximum atomic E-state index is 11.9. The lowest BCUT2D eigenvalue weighted by molar-refractivity contribution is 0.216. The third-order valence-electron chi connectivity index (χ3n) is 2.90. The van der Waals surface area contributed by atoms with E-state index in [4.69, 9.17) is 0 Å². The molecule has 0 aliphatic carbocycles. The van der Waals surface area contributed by atoms with Crippen LogP contribution in [0.25, 0.3) is 0 Å². The second-order valence-electron chi connectivity index (χ2n) is 4.45. The number of aryl methyl sites for hydroxylation is 1. The number of aromatic nitrogens is 1. The summed E-state index contributed by atoms with van der Waals surface area (Å²) in [6, 6.07) is -0.271. The Morgan fingerprint density at radius 3 is 2.79 bits per heavy atom. The molecule has 6 nitrogen and oxygen atoms in total. The SMILES string of the molecule is CCCc1cnc(NC(=O)N2CCS(=O)(=O)CC2)s1. The van der Waals surface area contributed by atoms with Gasteiger partial charge in [-0.2, -0.15) is 0 Å². The lowest BCUT2D eigenvalue weighted by Crippen LogP contribution is -2.45. The Kier molecular flexibility index (Phi) is 4.41. The molecular formula is C11H17N3O3S2. The van der Waals surface area contributed by atoms with Gasteiger partial charge < -0.3 is 4.90 Å². The van der Waals surface area contributed by atoms with E-state index in [0.29, 0.717) is 5.13 Å². The van der Waals surface area contributed by atoms with E-state index < -0.39 is 9.84 Å². The molecule has 1 aliphatic heterocycles. The van der Waals surface area contributed by atoms with Gasteiger partial charge in [-0.15, -0.1) is 11.3 Å². The van der Waals surface area contributed by atoms with Crippen molar-refractivity contribution in [2.75, 3.05) is 29.9 Å². The summed E-state index contributed by atoms with van der Waals surface area (Å²) in [5, 5.41) is 3.29. The van der Waals surface area contributed by atoms with Crippen molar-refractivity contribution in [1.82, 2.24) is 9.88 Å². The van der Waals surface area contributed by atoms with Crippen LogP contribution in [-0.2, 0) is 16.3 Å². The van der Waals surface area contributed by atoms with Crippen LogP contribution in [0.15, 0.2) is 6.20 Å². The fourth-order valence-electron chi connectivity index (χ4n) is 1.81. The van der Waals surface area contributed by atoms with E-state index >= 15 is 0 Å². The molecule has 1 saturated heterocycles. The summed E-state index contributed by atoms with van der Waals surface area (Å²) in [5.74, 6) is 0.0821. The first kappa shape index (κ1) is 14.3. The first-order chi connectivity index (χ1) is 9.00. The van der Waals surface area contributed by atoms with E-state index in [1.807, 2.05) is 0 Å². The molecule has 0 aromatic carbocycles. The Labute approximate surface area is 116 Å². The van der Waals surface area contributed by atoms with Crippen LogP contribution in [0.3, 0.4) is 0 Å². The second kappa shape index (κ2) is 5.87. The standard InChI is InChI=1S/C11H17N3O3S2/c1-2-3-9-8-12-10(18-9)13-11(15)14-4-6-19(16,17)7-5-14/h8H,2-7H2,1H3,(H,12,13,15). The van der Waals surface area contributed by atoms with Gasteiger partial charge in [-0.25, -0.2) is 18.2 Å². The number of carbonyl (C=O) groups excluding carboxylic acids is 1. The molecule has 0 spiro atoms. The van der Waals surface area contributed by atoms with Crippen LogP contribution < -0.4 is 5.32 Å². The molecule has 2 heterocycles. The summed E-state index contributed by atoms with van der Waals surface area (Å²) in [6.45, 7) is 2.59. The van der Waals surface area contributed by atoms with E-state index in [1.165, 1.54) is 16.2 Å². The predicted molar refractivity (Wildman–Crippen MR) is 75.4 cm³/mol. The van der Waals surface area contributed by atoms with E-state index in [-0.39, 0.29) is 30.6 Å². The molecule has 106 valence electrons. The van der Waals surface area contributed by atoms with Gasteiger partial charge in [-0.3, -0.25) is 5.32 Å². The number of nitrogens with zero attached hydrogens (tertiary/aromatic N) is 2. The van der Waals surface area contributed by atoms with Gasteiger partial charge in [0.25, 0.3) is 0 Å². The third-order valence-corrected chi connectivity index (χ3v) is 5.48. The summed E-state index contributed by atoms with van der Waals surface area (Å²) in [4.78, 5) is 18.7. The van der Waals surface area contributed by atoms with Crippen molar-refractivity contribution in [2.45, 2.75) is 19.8 Å². The molecule has 0 radical (unpaired) electrons. The smallest absolute Gasteiger partial charge is 0.322 e. The number of hydrogen-bond acceptors (Lipinski definition) is 5. The maximum absolute atomic E-state index is 11.9. The number of amides is 2. The fourth-order valence-corrected chi connectivity index (χ4v) is 3.92. The highest BCUT2D eigenvalue weighted by Gasteiger charge is 2.25. The Morgan fingerprint density at radius 1 is 1.47 bits per heavy atom. The highest BCUT2D eigenvalue weighted by Crippen LogP contribution is 2.20. The lowest BCUT2D eigenvalue weighted by Gasteiger charge is -2.26. The minimum atomic E-state index is -2.96. The van der Waals surface area contributed by atoms with Crippen LogP contribution in [0.1, 0.15) is 18.2 Å². The van der Waals surface area contributed by atoms with Crippen LogP contribution in [0.5, 0.6) is 0 Å². The van der Waals surface area contributed by atoms with Crippen molar-refractivity contribution in [1.29, 1.82) is 0 Å². The van der Waals surface area contributed by atoms with Crippen molar-refractivity contribution in [2.24, 2.45) is 0 Å². The van der Waals surface area contributed by atoms with Gasteiger partial charge in [0, 0.05) is 24.2 Å². The average Bonchev–Trinajstić information content (AvgIpc) is 2.77. The Morgan fingerprint density at radius 2 is 2.16 bits per heavy atom. The largest absolute Gasteiger partial charge is 0.323 e. The van der Waals surface area contributed by atoms with Crippen molar-refractivity contribution < 1.29 is 13.2 Å². The molecule has 1 aliphatic rings. The molecule has 0 unspecified atom stereocenters. The molecule has 2 amide bonds. The number of rotatable bonds is 3. The van der Waals surface area contributed by atoms with Crippen molar-refractivity contribution in [3.63, 3.8) is 0 Å².